The maximum atomic E-state index is 12.2. The van der Waals surface area contributed by atoms with E-state index in [1.165, 1.54) is 5.69 Å². The average molecular weight is 276 g/mol. The van der Waals surface area contributed by atoms with Gasteiger partial charge in [-0.15, -0.1) is 0 Å². The third kappa shape index (κ3) is 2.73. The second-order valence-corrected chi connectivity index (χ2v) is 6.93. The lowest BCUT2D eigenvalue weighted by molar-refractivity contribution is -0.121. The molecular weight excluding hydrogens is 252 g/mol. The summed E-state index contributed by atoms with van der Waals surface area (Å²) in [5, 5.41) is 6.43. The molecule has 0 atom stereocenters. The molecule has 0 radical (unpaired) electrons. The molecule has 1 aromatic rings. The molecule has 0 saturated heterocycles. The number of carbonyl (C=O) groups is 1. The minimum absolute atomic E-state index is 0.0444. The van der Waals surface area contributed by atoms with Crippen molar-refractivity contribution < 1.29 is 4.79 Å². The molecule has 1 aliphatic carbocycles. The van der Waals surface area contributed by atoms with Gasteiger partial charge in [-0.3, -0.25) is 4.79 Å². The lowest BCUT2D eigenvalue weighted by Gasteiger charge is -2.21. The molecule has 1 aromatic heterocycles. The zero-order valence-electron chi connectivity index (χ0n) is 12.6. The molecule has 1 aliphatic heterocycles. The van der Waals surface area contributed by atoms with Crippen LogP contribution in [0.1, 0.15) is 50.8 Å². The SMILES string of the molecule is CC(C)(C)c1nc2c(n1CC(=O)NC1CC1)CCNC2. The Labute approximate surface area is 120 Å². The molecule has 1 saturated carbocycles. The van der Waals surface area contributed by atoms with E-state index < -0.39 is 0 Å². The minimum Gasteiger partial charge on any atom is -0.352 e. The van der Waals surface area contributed by atoms with Crippen LogP contribution in [0.2, 0.25) is 0 Å². The molecule has 1 fully saturated rings. The molecular formula is C15H24N4O. The normalized spacial score (nSPS) is 18.8. The van der Waals surface area contributed by atoms with Crippen molar-refractivity contribution in [2.24, 2.45) is 0 Å². The number of fused-ring (bicyclic) bond motifs is 1. The molecule has 20 heavy (non-hydrogen) atoms. The van der Waals surface area contributed by atoms with Crippen molar-refractivity contribution in [3.63, 3.8) is 0 Å². The summed E-state index contributed by atoms with van der Waals surface area (Å²) < 4.78 is 2.15. The fourth-order valence-corrected chi connectivity index (χ4v) is 2.76. The van der Waals surface area contributed by atoms with Crippen LogP contribution in [0, 0.1) is 0 Å². The van der Waals surface area contributed by atoms with E-state index in [9.17, 15) is 4.79 Å². The van der Waals surface area contributed by atoms with Gasteiger partial charge in [0.25, 0.3) is 0 Å². The Bertz CT molecular complexity index is 523. The van der Waals surface area contributed by atoms with Crippen molar-refractivity contribution in [3.8, 4) is 0 Å². The molecule has 0 bridgehead atoms. The molecule has 2 heterocycles. The highest BCUT2D eigenvalue weighted by Gasteiger charge is 2.29. The second kappa shape index (κ2) is 4.88. The Hall–Kier alpha value is -1.36. The highest BCUT2D eigenvalue weighted by atomic mass is 16.2. The summed E-state index contributed by atoms with van der Waals surface area (Å²) in [7, 11) is 0. The van der Waals surface area contributed by atoms with Crippen LogP contribution in [0.4, 0.5) is 0 Å². The maximum Gasteiger partial charge on any atom is 0.240 e. The van der Waals surface area contributed by atoms with Crippen LogP contribution in [-0.4, -0.2) is 28.0 Å². The summed E-state index contributed by atoms with van der Waals surface area (Å²) in [6.45, 7) is 8.66. The summed E-state index contributed by atoms with van der Waals surface area (Å²) in [6.07, 6.45) is 3.21. The molecule has 0 spiro atoms. The first-order valence-electron chi connectivity index (χ1n) is 7.54. The highest BCUT2D eigenvalue weighted by molar-refractivity contribution is 5.76. The minimum atomic E-state index is -0.0444. The largest absolute Gasteiger partial charge is 0.352 e. The van der Waals surface area contributed by atoms with E-state index in [4.69, 9.17) is 4.98 Å². The van der Waals surface area contributed by atoms with Gasteiger partial charge in [-0.1, -0.05) is 20.8 Å². The number of hydrogen-bond donors (Lipinski definition) is 2. The van der Waals surface area contributed by atoms with Gasteiger partial charge >= 0.3 is 0 Å². The highest BCUT2D eigenvalue weighted by Crippen LogP contribution is 2.26. The Morgan fingerprint density at radius 3 is 2.85 bits per heavy atom. The van der Waals surface area contributed by atoms with Gasteiger partial charge in [0.2, 0.25) is 5.91 Å². The molecule has 1 amide bonds. The van der Waals surface area contributed by atoms with E-state index in [2.05, 4.69) is 36.0 Å². The van der Waals surface area contributed by atoms with E-state index in [-0.39, 0.29) is 11.3 Å². The van der Waals surface area contributed by atoms with E-state index in [1.807, 2.05) is 0 Å². The van der Waals surface area contributed by atoms with Crippen molar-refractivity contribution in [1.29, 1.82) is 0 Å². The van der Waals surface area contributed by atoms with E-state index >= 15 is 0 Å². The smallest absolute Gasteiger partial charge is 0.240 e. The molecule has 3 rings (SSSR count). The fraction of sp³-hybridized carbons (Fsp3) is 0.733. The molecule has 0 aromatic carbocycles. The van der Waals surface area contributed by atoms with E-state index in [0.29, 0.717) is 12.6 Å². The van der Waals surface area contributed by atoms with Gasteiger partial charge in [0, 0.05) is 36.7 Å². The Morgan fingerprint density at radius 1 is 1.45 bits per heavy atom. The number of hydrogen-bond acceptors (Lipinski definition) is 3. The van der Waals surface area contributed by atoms with Crippen LogP contribution < -0.4 is 10.6 Å². The van der Waals surface area contributed by atoms with Gasteiger partial charge in [-0.25, -0.2) is 4.98 Å². The summed E-state index contributed by atoms with van der Waals surface area (Å²) >= 11 is 0. The number of aromatic nitrogens is 2. The van der Waals surface area contributed by atoms with Crippen molar-refractivity contribution in [3.05, 3.63) is 17.2 Å². The summed E-state index contributed by atoms with van der Waals surface area (Å²) in [6, 6.07) is 0.418. The first-order chi connectivity index (χ1) is 9.45. The molecule has 5 heteroatoms. The third-order valence-corrected chi connectivity index (χ3v) is 3.90. The van der Waals surface area contributed by atoms with Crippen LogP contribution in [0.25, 0.3) is 0 Å². The first kappa shape index (κ1) is 13.6. The van der Waals surface area contributed by atoms with Gasteiger partial charge < -0.3 is 15.2 Å². The lowest BCUT2D eigenvalue weighted by Crippen LogP contribution is -2.33. The van der Waals surface area contributed by atoms with Gasteiger partial charge in [0.15, 0.2) is 0 Å². The topological polar surface area (TPSA) is 59.0 Å². The first-order valence-corrected chi connectivity index (χ1v) is 7.54. The zero-order chi connectivity index (χ0) is 14.3. The third-order valence-electron chi connectivity index (χ3n) is 3.90. The van der Waals surface area contributed by atoms with Crippen LogP contribution in [0.3, 0.4) is 0 Å². The van der Waals surface area contributed by atoms with Crippen molar-refractivity contribution in [1.82, 2.24) is 20.2 Å². The molecule has 0 unspecified atom stereocenters. The molecule has 110 valence electrons. The predicted octanol–water partition coefficient (Wildman–Crippen LogP) is 1.10. The quantitative estimate of drug-likeness (QED) is 0.869. The van der Waals surface area contributed by atoms with Crippen molar-refractivity contribution >= 4 is 5.91 Å². The average Bonchev–Trinajstić information content (AvgIpc) is 3.09. The van der Waals surface area contributed by atoms with Crippen LogP contribution in [0.15, 0.2) is 0 Å². The van der Waals surface area contributed by atoms with E-state index in [0.717, 1.165) is 43.9 Å². The van der Waals surface area contributed by atoms with Gasteiger partial charge in [-0.2, -0.15) is 0 Å². The summed E-state index contributed by atoms with van der Waals surface area (Å²) in [5.41, 5.74) is 2.30. The number of rotatable bonds is 3. The van der Waals surface area contributed by atoms with Gasteiger partial charge in [0.05, 0.1) is 5.69 Å². The number of nitrogens with one attached hydrogen (secondary N) is 2. The van der Waals surface area contributed by atoms with Crippen molar-refractivity contribution in [2.75, 3.05) is 6.54 Å². The number of amides is 1. The lowest BCUT2D eigenvalue weighted by atomic mass is 9.95. The van der Waals surface area contributed by atoms with Gasteiger partial charge in [0.1, 0.15) is 12.4 Å². The standard InChI is InChI=1S/C15H24N4O/c1-15(2,3)14-18-11-8-16-7-6-12(11)19(14)9-13(20)17-10-4-5-10/h10,16H,4-9H2,1-3H3,(H,17,20). The van der Waals surface area contributed by atoms with Gasteiger partial charge in [-0.05, 0) is 12.8 Å². The predicted molar refractivity (Wildman–Crippen MR) is 77.5 cm³/mol. The Morgan fingerprint density at radius 2 is 2.20 bits per heavy atom. The summed E-state index contributed by atoms with van der Waals surface area (Å²) in [4.78, 5) is 16.9. The monoisotopic (exact) mass is 276 g/mol. The number of carbonyl (C=O) groups excluding carboxylic acids is 1. The number of imidazole rings is 1. The summed E-state index contributed by atoms with van der Waals surface area (Å²) in [5.74, 6) is 1.15. The zero-order valence-corrected chi connectivity index (χ0v) is 12.6. The van der Waals surface area contributed by atoms with E-state index in [1.54, 1.807) is 0 Å². The molecule has 2 N–H and O–H groups in total. The maximum absolute atomic E-state index is 12.2. The Balaban J connectivity index is 1.89. The van der Waals surface area contributed by atoms with Crippen molar-refractivity contribution in [2.45, 2.75) is 64.6 Å². The number of nitrogens with zero attached hydrogens (tertiary/aromatic N) is 2. The molecule has 2 aliphatic rings. The van der Waals surface area contributed by atoms with Crippen LogP contribution in [0.5, 0.6) is 0 Å². The Kier molecular flexibility index (Phi) is 3.32. The fourth-order valence-electron chi connectivity index (χ4n) is 2.76. The second-order valence-electron chi connectivity index (χ2n) is 6.93. The van der Waals surface area contributed by atoms with Crippen LogP contribution in [-0.2, 0) is 29.7 Å². The molecule has 5 nitrogen and oxygen atoms in total. The van der Waals surface area contributed by atoms with Crippen LogP contribution >= 0.6 is 0 Å².